The van der Waals surface area contributed by atoms with Gasteiger partial charge in [0.2, 0.25) is 5.91 Å². The lowest BCUT2D eigenvalue weighted by molar-refractivity contribution is -0.133. The second kappa shape index (κ2) is 8.67. The van der Waals surface area contributed by atoms with Gasteiger partial charge in [-0.2, -0.15) is 10.2 Å². The van der Waals surface area contributed by atoms with E-state index in [0.29, 0.717) is 31.3 Å². The first-order valence-electron chi connectivity index (χ1n) is 10.0. The minimum absolute atomic E-state index is 0.217. The highest BCUT2D eigenvalue weighted by atomic mass is 16.2. The van der Waals surface area contributed by atoms with E-state index in [4.69, 9.17) is 6.42 Å². The molecule has 0 aliphatic carbocycles. The molecule has 0 radical (unpaired) electrons. The first-order chi connectivity index (χ1) is 13.1. The van der Waals surface area contributed by atoms with Gasteiger partial charge < -0.3 is 4.90 Å². The summed E-state index contributed by atoms with van der Waals surface area (Å²) in [5.74, 6) is 2.85. The molecule has 1 aromatic rings. The second-order valence-electron chi connectivity index (χ2n) is 7.59. The van der Waals surface area contributed by atoms with E-state index in [1.54, 1.807) is 0 Å². The smallest absolute Gasteiger partial charge is 0.223 e. The molecule has 2 atom stereocenters. The van der Waals surface area contributed by atoms with Crippen LogP contribution in [0.4, 0.5) is 0 Å². The van der Waals surface area contributed by atoms with Gasteiger partial charge in [0.15, 0.2) is 5.66 Å². The van der Waals surface area contributed by atoms with Crippen LogP contribution in [0.5, 0.6) is 0 Å². The summed E-state index contributed by atoms with van der Waals surface area (Å²) in [5.41, 5.74) is 0.963. The van der Waals surface area contributed by atoms with Gasteiger partial charge in [-0.3, -0.25) is 9.69 Å². The number of likely N-dealkylation sites (tertiary alicyclic amines) is 1. The molecule has 0 spiro atoms. The summed E-state index contributed by atoms with van der Waals surface area (Å²) >= 11 is 0. The topological polar surface area (TPSA) is 48.3 Å². The molecule has 144 valence electrons. The van der Waals surface area contributed by atoms with E-state index < -0.39 is 0 Å². The summed E-state index contributed by atoms with van der Waals surface area (Å²) < 4.78 is 0. The molecule has 2 unspecified atom stereocenters. The van der Waals surface area contributed by atoms with Crippen LogP contribution in [0.25, 0.3) is 0 Å². The van der Waals surface area contributed by atoms with Crippen molar-refractivity contribution in [3.63, 3.8) is 0 Å². The number of hydrogen-bond acceptors (Lipinski definition) is 4. The first-order valence-corrected chi connectivity index (χ1v) is 10.0. The van der Waals surface area contributed by atoms with Crippen molar-refractivity contribution < 1.29 is 4.79 Å². The monoisotopic (exact) mass is 366 g/mol. The Morgan fingerprint density at radius 2 is 2.11 bits per heavy atom. The van der Waals surface area contributed by atoms with E-state index in [0.717, 1.165) is 32.5 Å². The Kier molecular flexibility index (Phi) is 6.28. The predicted octanol–water partition coefficient (Wildman–Crippen LogP) is 4.03. The molecule has 0 saturated carbocycles. The maximum atomic E-state index is 12.8. The molecule has 1 saturated heterocycles. The second-order valence-corrected chi connectivity index (χ2v) is 7.59. The normalized spacial score (nSPS) is 21.6. The van der Waals surface area contributed by atoms with Crippen LogP contribution in [0.15, 0.2) is 40.6 Å². The fraction of sp³-hybridized carbons (Fsp3) is 0.591. The molecule has 2 heterocycles. The third-order valence-electron chi connectivity index (χ3n) is 5.92. The maximum Gasteiger partial charge on any atom is 0.223 e. The highest BCUT2D eigenvalue weighted by Gasteiger charge is 2.40. The van der Waals surface area contributed by atoms with Gasteiger partial charge in [-0.1, -0.05) is 30.3 Å². The van der Waals surface area contributed by atoms with Gasteiger partial charge in [0.05, 0.1) is 0 Å². The van der Waals surface area contributed by atoms with Gasteiger partial charge >= 0.3 is 0 Å². The molecule has 0 aromatic heterocycles. The van der Waals surface area contributed by atoms with Crippen LogP contribution >= 0.6 is 0 Å². The van der Waals surface area contributed by atoms with E-state index in [2.05, 4.69) is 70.1 Å². The number of nitrogens with zero attached hydrogens (tertiary/aromatic N) is 4. The van der Waals surface area contributed by atoms with Crippen LogP contribution < -0.4 is 0 Å². The Labute approximate surface area is 162 Å². The van der Waals surface area contributed by atoms with Crippen molar-refractivity contribution in [3.8, 4) is 12.3 Å². The minimum Gasteiger partial charge on any atom is -0.339 e. The molecule has 5 heteroatoms. The Balaban J connectivity index is 1.52. The van der Waals surface area contributed by atoms with Crippen LogP contribution in [-0.4, -0.2) is 47.0 Å². The van der Waals surface area contributed by atoms with Gasteiger partial charge in [0, 0.05) is 57.4 Å². The fourth-order valence-electron chi connectivity index (χ4n) is 4.07. The Morgan fingerprint density at radius 3 is 2.74 bits per heavy atom. The number of carbonyl (C=O) groups is 1. The number of likely N-dealkylation sites (N-methyl/N-ethyl adjacent to an activating group) is 1. The molecule has 27 heavy (non-hydrogen) atoms. The molecule has 0 bridgehead atoms. The van der Waals surface area contributed by atoms with Gasteiger partial charge in [-0.05, 0) is 25.8 Å². The van der Waals surface area contributed by atoms with Gasteiger partial charge in [-0.25, -0.2) is 0 Å². The standard InChI is InChI=1S/C22H30N4O/c1-4-6-14-22(23-24-22)15-12-21(27)26(5-2)20-13-16-25(17-20)18(3)19-10-8-7-9-11-19/h1,7-11,18,20H,5-6,12-17H2,2-3H3. The summed E-state index contributed by atoms with van der Waals surface area (Å²) in [6.45, 7) is 7.04. The van der Waals surface area contributed by atoms with Crippen LogP contribution in [0.1, 0.15) is 57.6 Å². The van der Waals surface area contributed by atoms with E-state index in [9.17, 15) is 4.79 Å². The molecular formula is C22H30N4O. The molecule has 1 fully saturated rings. The van der Waals surface area contributed by atoms with E-state index in [-0.39, 0.29) is 11.6 Å². The molecule has 1 amide bonds. The lowest BCUT2D eigenvalue weighted by Crippen LogP contribution is -2.42. The van der Waals surface area contributed by atoms with Crippen LogP contribution in [-0.2, 0) is 4.79 Å². The summed E-state index contributed by atoms with van der Waals surface area (Å²) in [5, 5.41) is 8.29. The number of rotatable bonds is 9. The van der Waals surface area contributed by atoms with Gasteiger partial charge in [0.25, 0.3) is 0 Å². The average molecular weight is 367 g/mol. The van der Waals surface area contributed by atoms with Crippen LogP contribution in [0.2, 0.25) is 0 Å². The Morgan fingerprint density at radius 1 is 1.37 bits per heavy atom. The number of amides is 1. The molecule has 5 nitrogen and oxygen atoms in total. The van der Waals surface area contributed by atoms with Crippen molar-refractivity contribution in [3.05, 3.63) is 35.9 Å². The van der Waals surface area contributed by atoms with E-state index in [1.165, 1.54) is 5.56 Å². The third-order valence-corrected chi connectivity index (χ3v) is 5.92. The zero-order valence-corrected chi connectivity index (χ0v) is 16.5. The zero-order valence-electron chi connectivity index (χ0n) is 16.5. The maximum absolute atomic E-state index is 12.8. The van der Waals surface area contributed by atoms with Gasteiger partial charge in [0.1, 0.15) is 0 Å². The molecule has 2 aliphatic heterocycles. The summed E-state index contributed by atoms with van der Waals surface area (Å²) in [7, 11) is 0. The van der Waals surface area contributed by atoms with Crippen molar-refractivity contribution in [2.24, 2.45) is 10.2 Å². The quantitative estimate of drug-likeness (QED) is 0.620. The van der Waals surface area contributed by atoms with Crippen molar-refractivity contribution in [1.82, 2.24) is 9.80 Å². The first kappa shape index (κ1) is 19.6. The highest BCUT2D eigenvalue weighted by molar-refractivity contribution is 5.76. The lowest BCUT2D eigenvalue weighted by atomic mass is 10.0. The molecule has 2 aliphatic rings. The van der Waals surface area contributed by atoms with Crippen LogP contribution in [0, 0.1) is 12.3 Å². The largest absolute Gasteiger partial charge is 0.339 e. The highest BCUT2D eigenvalue weighted by Crippen LogP contribution is 2.38. The number of carbonyl (C=O) groups excluding carboxylic acids is 1. The molecule has 3 rings (SSSR count). The van der Waals surface area contributed by atoms with E-state index >= 15 is 0 Å². The van der Waals surface area contributed by atoms with Crippen molar-refractivity contribution in [2.75, 3.05) is 19.6 Å². The molecular weight excluding hydrogens is 336 g/mol. The summed E-state index contributed by atoms with van der Waals surface area (Å²) in [4.78, 5) is 17.4. The van der Waals surface area contributed by atoms with Gasteiger partial charge in [-0.15, -0.1) is 12.3 Å². The number of benzene rings is 1. The van der Waals surface area contributed by atoms with Crippen molar-refractivity contribution in [1.29, 1.82) is 0 Å². The zero-order chi connectivity index (χ0) is 19.3. The predicted molar refractivity (Wildman–Crippen MR) is 107 cm³/mol. The SMILES string of the molecule is C#CCCC1(CCC(=O)N(CC)C2CCN(C(C)c3ccccc3)C2)N=N1. The molecule has 0 N–H and O–H groups in total. The number of terminal acetylenes is 1. The minimum atomic E-state index is -0.370. The van der Waals surface area contributed by atoms with Crippen molar-refractivity contribution >= 4 is 5.91 Å². The summed E-state index contributed by atoms with van der Waals surface area (Å²) in [6.07, 6.45) is 8.97. The fourth-order valence-corrected chi connectivity index (χ4v) is 4.07. The lowest BCUT2D eigenvalue weighted by Gasteiger charge is -2.30. The number of hydrogen-bond donors (Lipinski definition) is 0. The Bertz CT molecular complexity index is 703. The van der Waals surface area contributed by atoms with Crippen molar-refractivity contribution in [2.45, 2.75) is 63.7 Å². The third kappa shape index (κ3) is 4.75. The Hall–Kier alpha value is -2.19. The molecule has 1 aromatic carbocycles. The summed E-state index contributed by atoms with van der Waals surface area (Å²) in [6, 6.07) is 11.3. The average Bonchev–Trinajstić information content (AvgIpc) is 3.32. The van der Waals surface area contributed by atoms with Crippen LogP contribution in [0.3, 0.4) is 0 Å². The van der Waals surface area contributed by atoms with E-state index in [1.807, 2.05) is 0 Å².